The van der Waals surface area contributed by atoms with E-state index in [0.717, 1.165) is 19.1 Å². The maximum Gasteiger partial charge on any atom is 0.0551 e. The van der Waals surface area contributed by atoms with Gasteiger partial charge in [-0.2, -0.15) is 0 Å². The van der Waals surface area contributed by atoms with Gasteiger partial charge in [-0.05, 0) is 25.8 Å². The first kappa shape index (κ1) is 11.0. The number of hydrogen-bond acceptors (Lipinski definition) is 2. The van der Waals surface area contributed by atoms with Crippen LogP contribution < -0.4 is 5.32 Å². The molecule has 0 aliphatic carbocycles. The van der Waals surface area contributed by atoms with E-state index in [4.69, 9.17) is 4.74 Å². The van der Waals surface area contributed by atoms with Crippen LogP contribution in [0.1, 0.15) is 34.1 Å². The molecule has 0 aromatic rings. The van der Waals surface area contributed by atoms with Gasteiger partial charge in [0.25, 0.3) is 0 Å². The minimum absolute atomic E-state index is 0.463. The lowest BCUT2D eigenvalue weighted by molar-refractivity contribution is 0.114. The van der Waals surface area contributed by atoms with Crippen LogP contribution >= 0.6 is 0 Å². The Morgan fingerprint density at radius 1 is 1.46 bits per heavy atom. The maximum atomic E-state index is 5.60. The molecule has 1 fully saturated rings. The summed E-state index contributed by atoms with van der Waals surface area (Å²) in [6.07, 6.45) is 1.68. The second-order valence-electron chi connectivity index (χ2n) is 4.47. The second-order valence-corrected chi connectivity index (χ2v) is 4.47. The average molecular weight is 185 g/mol. The molecule has 3 unspecified atom stereocenters. The molecule has 0 aromatic heterocycles. The highest BCUT2D eigenvalue weighted by Gasteiger charge is 2.30. The molecular formula is C11H23NO. The van der Waals surface area contributed by atoms with Crippen LogP contribution in [0.3, 0.4) is 0 Å². The van der Waals surface area contributed by atoms with Crippen molar-refractivity contribution in [2.24, 2.45) is 11.8 Å². The van der Waals surface area contributed by atoms with Gasteiger partial charge in [0.2, 0.25) is 0 Å². The lowest BCUT2D eigenvalue weighted by Crippen LogP contribution is -2.40. The van der Waals surface area contributed by atoms with Gasteiger partial charge in [-0.15, -0.1) is 0 Å². The lowest BCUT2D eigenvalue weighted by Gasteiger charge is -2.26. The number of ether oxygens (including phenoxy) is 1. The molecule has 1 heterocycles. The van der Waals surface area contributed by atoms with Crippen molar-refractivity contribution in [2.45, 2.75) is 46.3 Å². The minimum Gasteiger partial charge on any atom is -0.378 e. The fourth-order valence-corrected chi connectivity index (χ4v) is 2.28. The first-order chi connectivity index (χ1) is 6.15. The topological polar surface area (TPSA) is 21.3 Å². The van der Waals surface area contributed by atoms with Crippen LogP contribution in [0.15, 0.2) is 0 Å². The molecule has 0 saturated carbocycles. The Labute approximate surface area is 82.0 Å². The Bertz CT molecular complexity index is 147. The molecule has 0 aromatic carbocycles. The molecule has 1 aliphatic heterocycles. The zero-order valence-electron chi connectivity index (χ0n) is 9.34. The van der Waals surface area contributed by atoms with E-state index in [1.165, 1.54) is 6.42 Å². The Balaban J connectivity index is 2.44. The van der Waals surface area contributed by atoms with E-state index in [0.29, 0.717) is 18.1 Å². The van der Waals surface area contributed by atoms with Gasteiger partial charge in [-0.25, -0.2) is 0 Å². The summed E-state index contributed by atoms with van der Waals surface area (Å²) in [6.45, 7) is 10.9. The molecule has 78 valence electrons. The molecule has 13 heavy (non-hydrogen) atoms. The SMILES string of the molecule is CCNC(C(C)C)C1COC(C)C1. The van der Waals surface area contributed by atoms with Crippen molar-refractivity contribution in [3.8, 4) is 0 Å². The number of rotatable bonds is 4. The molecule has 0 bridgehead atoms. The molecule has 1 rings (SSSR count). The molecule has 1 N–H and O–H groups in total. The first-order valence-corrected chi connectivity index (χ1v) is 5.50. The number of hydrogen-bond donors (Lipinski definition) is 1. The summed E-state index contributed by atoms with van der Waals surface area (Å²) in [5.74, 6) is 1.42. The Morgan fingerprint density at radius 3 is 2.54 bits per heavy atom. The minimum atomic E-state index is 0.463. The van der Waals surface area contributed by atoms with Gasteiger partial charge in [0.15, 0.2) is 0 Å². The summed E-state index contributed by atoms with van der Waals surface area (Å²) in [7, 11) is 0. The van der Waals surface area contributed by atoms with Crippen molar-refractivity contribution in [2.75, 3.05) is 13.2 Å². The van der Waals surface area contributed by atoms with Crippen molar-refractivity contribution in [1.29, 1.82) is 0 Å². The van der Waals surface area contributed by atoms with Crippen LogP contribution in [0.2, 0.25) is 0 Å². The Kier molecular flexibility index (Phi) is 4.20. The fourth-order valence-electron chi connectivity index (χ4n) is 2.28. The Morgan fingerprint density at radius 2 is 2.15 bits per heavy atom. The van der Waals surface area contributed by atoms with Crippen molar-refractivity contribution in [3.63, 3.8) is 0 Å². The predicted molar refractivity (Wildman–Crippen MR) is 55.8 cm³/mol. The van der Waals surface area contributed by atoms with Crippen molar-refractivity contribution < 1.29 is 4.74 Å². The average Bonchev–Trinajstić information content (AvgIpc) is 2.46. The summed E-state index contributed by atoms with van der Waals surface area (Å²) in [6, 6.07) is 0.634. The van der Waals surface area contributed by atoms with Crippen LogP contribution in [0.25, 0.3) is 0 Å². The van der Waals surface area contributed by atoms with Gasteiger partial charge in [0, 0.05) is 12.0 Å². The van der Waals surface area contributed by atoms with E-state index in [9.17, 15) is 0 Å². The Hall–Kier alpha value is -0.0800. The van der Waals surface area contributed by atoms with Crippen LogP contribution in [0.4, 0.5) is 0 Å². The van der Waals surface area contributed by atoms with Crippen LogP contribution in [0, 0.1) is 11.8 Å². The van der Waals surface area contributed by atoms with E-state index in [-0.39, 0.29) is 0 Å². The predicted octanol–water partition coefficient (Wildman–Crippen LogP) is 2.05. The molecule has 0 radical (unpaired) electrons. The van der Waals surface area contributed by atoms with Gasteiger partial charge in [-0.3, -0.25) is 0 Å². The standard InChI is InChI=1S/C11H23NO/c1-5-12-11(8(2)3)10-6-9(4)13-7-10/h8-12H,5-7H2,1-4H3. The fraction of sp³-hybridized carbons (Fsp3) is 1.00. The summed E-state index contributed by atoms with van der Waals surface area (Å²) >= 11 is 0. The largest absolute Gasteiger partial charge is 0.378 e. The van der Waals surface area contributed by atoms with Crippen molar-refractivity contribution in [3.05, 3.63) is 0 Å². The van der Waals surface area contributed by atoms with E-state index >= 15 is 0 Å². The molecular weight excluding hydrogens is 162 g/mol. The lowest BCUT2D eigenvalue weighted by atomic mass is 9.89. The summed E-state index contributed by atoms with van der Waals surface area (Å²) in [5.41, 5.74) is 0. The van der Waals surface area contributed by atoms with E-state index in [1.54, 1.807) is 0 Å². The van der Waals surface area contributed by atoms with Crippen LogP contribution in [0.5, 0.6) is 0 Å². The van der Waals surface area contributed by atoms with Crippen LogP contribution in [-0.2, 0) is 4.74 Å². The molecule has 3 atom stereocenters. The second kappa shape index (κ2) is 4.97. The zero-order valence-corrected chi connectivity index (χ0v) is 9.34. The molecule has 1 saturated heterocycles. The quantitative estimate of drug-likeness (QED) is 0.723. The van der Waals surface area contributed by atoms with Gasteiger partial charge >= 0.3 is 0 Å². The highest BCUT2D eigenvalue weighted by Crippen LogP contribution is 2.25. The van der Waals surface area contributed by atoms with Crippen LogP contribution in [-0.4, -0.2) is 25.3 Å². The van der Waals surface area contributed by atoms with Crippen molar-refractivity contribution in [1.82, 2.24) is 5.32 Å². The summed E-state index contributed by atoms with van der Waals surface area (Å²) in [4.78, 5) is 0. The molecule has 2 heteroatoms. The third-order valence-electron chi connectivity index (χ3n) is 2.90. The molecule has 2 nitrogen and oxygen atoms in total. The third-order valence-corrected chi connectivity index (χ3v) is 2.90. The first-order valence-electron chi connectivity index (χ1n) is 5.50. The molecule has 0 amide bonds. The van der Waals surface area contributed by atoms with E-state index < -0.39 is 0 Å². The normalized spacial score (nSPS) is 31.2. The maximum absolute atomic E-state index is 5.60. The van der Waals surface area contributed by atoms with Gasteiger partial charge in [0.1, 0.15) is 0 Å². The monoisotopic (exact) mass is 185 g/mol. The third kappa shape index (κ3) is 2.96. The number of nitrogens with one attached hydrogen (secondary N) is 1. The van der Waals surface area contributed by atoms with Gasteiger partial charge in [-0.1, -0.05) is 20.8 Å². The van der Waals surface area contributed by atoms with Gasteiger partial charge < -0.3 is 10.1 Å². The highest BCUT2D eigenvalue weighted by molar-refractivity contribution is 4.83. The molecule has 0 spiro atoms. The smallest absolute Gasteiger partial charge is 0.0551 e. The summed E-state index contributed by atoms with van der Waals surface area (Å²) in [5, 5.41) is 3.56. The zero-order chi connectivity index (χ0) is 9.84. The highest BCUT2D eigenvalue weighted by atomic mass is 16.5. The molecule has 1 aliphatic rings. The van der Waals surface area contributed by atoms with E-state index in [1.807, 2.05) is 0 Å². The van der Waals surface area contributed by atoms with Gasteiger partial charge in [0.05, 0.1) is 12.7 Å². The van der Waals surface area contributed by atoms with Crippen molar-refractivity contribution >= 4 is 0 Å². The van der Waals surface area contributed by atoms with E-state index in [2.05, 4.69) is 33.0 Å². The summed E-state index contributed by atoms with van der Waals surface area (Å²) < 4.78 is 5.60.